The summed E-state index contributed by atoms with van der Waals surface area (Å²) in [5.74, 6) is 0.555. The van der Waals surface area contributed by atoms with Gasteiger partial charge in [-0.2, -0.15) is 0 Å². The van der Waals surface area contributed by atoms with Crippen LogP contribution in [0, 0.1) is 5.92 Å². The number of hydrogen-bond donors (Lipinski definition) is 2. The summed E-state index contributed by atoms with van der Waals surface area (Å²) in [5.41, 5.74) is 0.943. The predicted molar refractivity (Wildman–Crippen MR) is 75.2 cm³/mol. The molecule has 0 saturated carbocycles. The highest BCUT2D eigenvalue weighted by Gasteiger charge is 2.12. The van der Waals surface area contributed by atoms with E-state index in [1.807, 2.05) is 6.92 Å². The minimum Gasteiger partial charge on any atom is -0.385 e. The van der Waals surface area contributed by atoms with Crippen molar-refractivity contribution in [2.75, 3.05) is 18.4 Å². The minimum absolute atomic E-state index is 0.311. The van der Waals surface area contributed by atoms with Gasteiger partial charge in [0.1, 0.15) is 0 Å². The number of nitrogens with one attached hydrogen (secondary N) is 2. The summed E-state index contributed by atoms with van der Waals surface area (Å²) in [7, 11) is -3.35. The molecule has 18 heavy (non-hydrogen) atoms. The van der Waals surface area contributed by atoms with Crippen LogP contribution >= 0.6 is 0 Å². The van der Waals surface area contributed by atoms with Crippen LogP contribution in [0.3, 0.4) is 0 Å². The molecule has 1 aromatic rings. The van der Waals surface area contributed by atoms with E-state index in [4.69, 9.17) is 0 Å². The van der Waals surface area contributed by atoms with Crippen LogP contribution in [-0.4, -0.2) is 21.5 Å². The fourth-order valence-corrected chi connectivity index (χ4v) is 2.53. The molecule has 0 atom stereocenters. The third-order valence-corrected chi connectivity index (χ3v) is 3.90. The molecule has 1 rings (SSSR count). The molecule has 5 heteroatoms. The second kappa shape index (κ2) is 6.75. The van der Waals surface area contributed by atoms with Crippen molar-refractivity contribution in [3.05, 3.63) is 24.3 Å². The molecule has 1 aromatic carbocycles. The van der Waals surface area contributed by atoms with E-state index in [0.29, 0.717) is 17.4 Å². The largest absolute Gasteiger partial charge is 0.385 e. The Bertz CT molecular complexity index is 452. The van der Waals surface area contributed by atoms with Gasteiger partial charge in [-0.1, -0.05) is 20.8 Å². The van der Waals surface area contributed by atoms with Crippen LogP contribution in [0.5, 0.6) is 0 Å². The molecule has 0 radical (unpaired) electrons. The van der Waals surface area contributed by atoms with Crippen LogP contribution in [0.15, 0.2) is 29.2 Å². The van der Waals surface area contributed by atoms with Gasteiger partial charge < -0.3 is 5.32 Å². The van der Waals surface area contributed by atoms with Crippen molar-refractivity contribution in [2.24, 2.45) is 5.92 Å². The van der Waals surface area contributed by atoms with Crippen LogP contribution in [0.2, 0.25) is 0 Å². The Labute approximate surface area is 110 Å². The zero-order valence-electron chi connectivity index (χ0n) is 11.2. The second-order valence-corrected chi connectivity index (χ2v) is 6.46. The third-order valence-electron chi connectivity index (χ3n) is 2.42. The van der Waals surface area contributed by atoms with Gasteiger partial charge in [0, 0.05) is 18.8 Å². The van der Waals surface area contributed by atoms with Crippen molar-refractivity contribution in [1.29, 1.82) is 0 Å². The van der Waals surface area contributed by atoms with E-state index in [9.17, 15) is 8.42 Å². The predicted octanol–water partition coefficient (Wildman–Crippen LogP) is 2.44. The fourth-order valence-electron chi connectivity index (χ4n) is 1.39. The SMILES string of the molecule is CCCNS(=O)(=O)c1ccc(NCC(C)C)cc1. The third kappa shape index (κ3) is 4.66. The van der Waals surface area contributed by atoms with Crippen molar-refractivity contribution < 1.29 is 8.42 Å². The maximum atomic E-state index is 11.8. The Hall–Kier alpha value is -1.07. The van der Waals surface area contributed by atoms with Crippen LogP contribution in [0.25, 0.3) is 0 Å². The molecule has 0 spiro atoms. The van der Waals surface area contributed by atoms with Crippen LogP contribution < -0.4 is 10.0 Å². The lowest BCUT2D eigenvalue weighted by Crippen LogP contribution is -2.24. The molecule has 0 aliphatic rings. The van der Waals surface area contributed by atoms with Crippen molar-refractivity contribution in [2.45, 2.75) is 32.1 Å². The van der Waals surface area contributed by atoms with E-state index in [1.165, 1.54) is 0 Å². The minimum atomic E-state index is -3.35. The molecule has 0 aliphatic heterocycles. The first-order valence-electron chi connectivity index (χ1n) is 6.29. The Balaban J connectivity index is 2.70. The second-order valence-electron chi connectivity index (χ2n) is 4.70. The lowest BCUT2D eigenvalue weighted by Gasteiger charge is -2.10. The topological polar surface area (TPSA) is 58.2 Å². The first-order chi connectivity index (χ1) is 8.45. The van der Waals surface area contributed by atoms with Gasteiger partial charge in [-0.05, 0) is 36.6 Å². The summed E-state index contributed by atoms with van der Waals surface area (Å²) in [5, 5.41) is 3.25. The Morgan fingerprint density at radius 1 is 1.17 bits per heavy atom. The van der Waals surface area contributed by atoms with Gasteiger partial charge in [-0.25, -0.2) is 13.1 Å². The van der Waals surface area contributed by atoms with Crippen molar-refractivity contribution in [3.8, 4) is 0 Å². The maximum Gasteiger partial charge on any atom is 0.240 e. The number of rotatable bonds is 7. The van der Waals surface area contributed by atoms with Gasteiger partial charge in [-0.15, -0.1) is 0 Å². The quantitative estimate of drug-likeness (QED) is 0.800. The monoisotopic (exact) mass is 270 g/mol. The van der Waals surface area contributed by atoms with Crippen LogP contribution in [-0.2, 0) is 10.0 Å². The summed E-state index contributed by atoms with van der Waals surface area (Å²) in [6.45, 7) is 7.53. The van der Waals surface area contributed by atoms with Gasteiger partial charge in [0.05, 0.1) is 4.90 Å². The lowest BCUT2D eigenvalue weighted by atomic mass is 10.2. The Morgan fingerprint density at radius 2 is 1.78 bits per heavy atom. The van der Waals surface area contributed by atoms with Crippen molar-refractivity contribution in [3.63, 3.8) is 0 Å². The van der Waals surface area contributed by atoms with E-state index < -0.39 is 10.0 Å². The molecule has 102 valence electrons. The fraction of sp³-hybridized carbons (Fsp3) is 0.538. The zero-order valence-corrected chi connectivity index (χ0v) is 12.0. The van der Waals surface area contributed by atoms with E-state index >= 15 is 0 Å². The number of benzene rings is 1. The lowest BCUT2D eigenvalue weighted by molar-refractivity contribution is 0.581. The molecule has 0 unspecified atom stereocenters. The number of sulfonamides is 1. The first kappa shape index (κ1) is 15.0. The van der Waals surface area contributed by atoms with Gasteiger partial charge in [0.15, 0.2) is 0 Å². The van der Waals surface area contributed by atoms with Gasteiger partial charge >= 0.3 is 0 Å². The average Bonchev–Trinajstić information content (AvgIpc) is 2.34. The van der Waals surface area contributed by atoms with Crippen LogP contribution in [0.1, 0.15) is 27.2 Å². The van der Waals surface area contributed by atoms with Crippen molar-refractivity contribution >= 4 is 15.7 Å². The molecule has 4 nitrogen and oxygen atoms in total. The number of hydrogen-bond acceptors (Lipinski definition) is 3. The standard InChI is InChI=1S/C13H22N2O2S/c1-4-9-15-18(16,17)13-7-5-12(6-8-13)14-10-11(2)3/h5-8,11,14-15H,4,9-10H2,1-3H3. The summed E-state index contributed by atoms with van der Waals surface area (Å²) < 4.78 is 26.2. The number of anilines is 1. The molecular weight excluding hydrogens is 248 g/mol. The van der Waals surface area contributed by atoms with Gasteiger partial charge in [0.25, 0.3) is 0 Å². The highest BCUT2D eigenvalue weighted by molar-refractivity contribution is 7.89. The van der Waals surface area contributed by atoms with E-state index in [1.54, 1.807) is 24.3 Å². The molecule has 0 fully saturated rings. The molecule has 0 saturated heterocycles. The highest BCUT2D eigenvalue weighted by atomic mass is 32.2. The summed E-state index contributed by atoms with van der Waals surface area (Å²) >= 11 is 0. The van der Waals surface area contributed by atoms with Gasteiger partial charge in [-0.3, -0.25) is 0 Å². The van der Waals surface area contributed by atoms with Crippen molar-refractivity contribution in [1.82, 2.24) is 4.72 Å². The highest BCUT2D eigenvalue weighted by Crippen LogP contribution is 2.14. The Morgan fingerprint density at radius 3 is 2.28 bits per heavy atom. The first-order valence-corrected chi connectivity index (χ1v) is 7.77. The molecule has 0 aromatic heterocycles. The molecule has 0 heterocycles. The molecule has 0 aliphatic carbocycles. The molecule has 2 N–H and O–H groups in total. The van der Waals surface area contributed by atoms with Gasteiger partial charge in [0.2, 0.25) is 10.0 Å². The zero-order chi connectivity index (χ0) is 13.6. The van der Waals surface area contributed by atoms with E-state index in [2.05, 4.69) is 23.9 Å². The van der Waals surface area contributed by atoms with Crippen LogP contribution in [0.4, 0.5) is 5.69 Å². The van der Waals surface area contributed by atoms with E-state index in [-0.39, 0.29) is 0 Å². The summed E-state index contributed by atoms with van der Waals surface area (Å²) in [4.78, 5) is 0.311. The average molecular weight is 270 g/mol. The smallest absolute Gasteiger partial charge is 0.240 e. The summed E-state index contributed by atoms with van der Waals surface area (Å²) in [6, 6.07) is 6.84. The molecule has 0 amide bonds. The normalized spacial score (nSPS) is 11.8. The maximum absolute atomic E-state index is 11.8. The van der Waals surface area contributed by atoms with E-state index in [0.717, 1.165) is 18.7 Å². The molecule has 0 bridgehead atoms. The summed E-state index contributed by atoms with van der Waals surface area (Å²) in [6.07, 6.45) is 0.785. The molecular formula is C13H22N2O2S. The Kier molecular flexibility index (Phi) is 5.62.